The molecule has 0 spiro atoms. The number of ether oxygens (including phenoxy) is 2. The lowest BCUT2D eigenvalue weighted by Gasteiger charge is -2.32. The first-order chi connectivity index (χ1) is 19.0. The Balaban J connectivity index is 1.31. The molecule has 0 unspecified atom stereocenters. The summed E-state index contributed by atoms with van der Waals surface area (Å²) in [5.74, 6) is 4.87. The molecule has 8 nitrogen and oxygen atoms in total. The van der Waals surface area contributed by atoms with Crippen molar-refractivity contribution in [3.8, 4) is 35.4 Å². The fourth-order valence-electron chi connectivity index (χ4n) is 4.92. The van der Waals surface area contributed by atoms with E-state index in [4.69, 9.17) is 20.9 Å². The third-order valence-electron chi connectivity index (χ3n) is 7.64. The number of imidazole rings is 1. The SMILES string of the molecule is C#Cc1cc(OCCN2CCN(C)CC2)ccc1-c1nc2c(OC3(C)CC3)ncnc2n1Cc1ccccc1. The van der Waals surface area contributed by atoms with Crippen LogP contribution in [-0.2, 0) is 6.54 Å². The Morgan fingerprint density at radius 2 is 1.82 bits per heavy atom. The van der Waals surface area contributed by atoms with Gasteiger partial charge in [0.2, 0.25) is 5.88 Å². The van der Waals surface area contributed by atoms with Crippen LogP contribution in [-0.4, -0.2) is 81.3 Å². The molecule has 1 saturated carbocycles. The number of terminal acetylenes is 1. The molecule has 8 heteroatoms. The second kappa shape index (κ2) is 10.7. The monoisotopic (exact) mass is 522 g/mol. The van der Waals surface area contributed by atoms with Crippen LogP contribution in [0.15, 0.2) is 54.9 Å². The van der Waals surface area contributed by atoms with E-state index in [-0.39, 0.29) is 5.60 Å². The number of piperazine rings is 1. The van der Waals surface area contributed by atoms with Gasteiger partial charge in [-0.25, -0.2) is 9.97 Å². The predicted octanol–water partition coefficient (Wildman–Crippen LogP) is 4.08. The van der Waals surface area contributed by atoms with Gasteiger partial charge >= 0.3 is 0 Å². The smallest absolute Gasteiger partial charge is 0.245 e. The zero-order valence-corrected chi connectivity index (χ0v) is 22.6. The molecule has 0 radical (unpaired) electrons. The molecular formula is C31H34N6O2. The average Bonchev–Trinajstić information content (AvgIpc) is 3.57. The molecule has 0 amide bonds. The number of likely N-dealkylation sites (N-methyl/N-ethyl adjacent to an activating group) is 1. The fourth-order valence-corrected chi connectivity index (χ4v) is 4.92. The van der Waals surface area contributed by atoms with Gasteiger partial charge in [-0.1, -0.05) is 36.3 Å². The van der Waals surface area contributed by atoms with E-state index < -0.39 is 0 Å². The molecule has 2 aromatic carbocycles. The summed E-state index contributed by atoms with van der Waals surface area (Å²) >= 11 is 0. The van der Waals surface area contributed by atoms with Gasteiger partial charge in [0.15, 0.2) is 11.2 Å². The Labute approximate surface area is 229 Å². The van der Waals surface area contributed by atoms with Crippen molar-refractivity contribution in [3.63, 3.8) is 0 Å². The third kappa shape index (κ3) is 5.60. The molecule has 2 aliphatic rings. The molecular weight excluding hydrogens is 488 g/mol. The summed E-state index contributed by atoms with van der Waals surface area (Å²) in [7, 11) is 2.17. The molecule has 2 aromatic heterocycles. The highest BCUT2D eigenvalue weighted by atomic mass is 16.5. The normalized spacial score (nSPS) is 17.2. The van der Waals surface area contributed by atoms with Gasteiger partial charge in [0.1, 0.15) is 30.1 Å². The molecule has 1 aliphatic heterocycles. The van der Waals surface area contributed by atoms with Crippen molar-refractivity contribution in [2.24, 2.45) is 0 Å². The van der Waals surface area contributed by atoms with Crippen LogP contribution in [0.3, 0.4) is 0 Å². The Hall–Kier alpha value is -3.93. The summed E-state index contributed by atoms with van der Waals surface area (Å²) in [5, 5.41) is 0. The topological polar surface area (TPSA) is 68.5 Å². The Morgan fingerprint density at radius 1 is 1.03 bits per heavy atom. The van der Waals surface area contributed by atoms with Gasteiger partial charge in [0.05, 0.1) is 6.54 Å². The minimum absolute atomic E-state index is 0.183. The maximum Gasteiger partial charge on any atom is 0.245 e. The van der Waals surface area contributed by atoms with E-state index in [9.17, 15) is 0 Å². The first-order valence-corrected chi connectivity index (χ1v) is 13.6. The van der Waals surface area contributed by atoms with Gasteiger partial charge in [-0.15, -0.1) is 6.42 Å². The summed E-state index contributed by atoms with van der Waals surface area (Å²) in [6.07, 6.45) is 9.59. The van der Waals surface area contributed by atoms with E-state index in [1.165, 1.54) is 0 Å². The summed E-state index contributed by atoms with van der Waals surface area (Å²) in [6.45, 7) is 8.53. The predicted molar refractivity (Wildman–Crippen MR) is 152 cm³/mol. The largest absolute Gasteiger partial charge is 0.492 e. The van der Waals surface area contributed by atoms with Crippen molar-refractivity contribution >= 4 is 11.2 Å². The van der Waals surface area contributed by atoms with Gasteiger partial charge in [-0.2, -0.15) is 4.98 Å². The maximum absolute atomic E-state index is 6.26. The summed E-state index contributed by atoms with van der Waals surface area (Å²) < 4.78 is 14.5. The minimum Gasteiger partial charge on any atom is -0.492 e. The van der Waals surface area contributed by atoms with Crippen LogP contribution >= 0.6 is 0 Å². The van der Waals surface area contributed by atoms with Crippen LogP contribution in [0.4, 0.5) is 0 Å². The molecule has 39 heavy (non-hydrogen) atoms. The number of nitrogens with zero attached hydrogens (tertiary/aromatic N) is 6. The first-order valence-electron chi connectivity index (χ1n) is 13.6. The lowest BCUT2D eigenvalue weighted by Crippen LogP contribution is -2.45. The Kier molecular flexibility index (Phi) is 6.94. The Morgan fingerprint density at radius 3 is 2.56 bits per heavy atom. The van der Waals surface area contributed by atoms with Crippen molar-refractivity contribution in [1.29, 1.82) is 0 Å². The summed E-state index contributed by atoms with van der Waals surface area (Å²) in [6, 6.07) is 16.2. The molecule has 0 N–H and O–H groups in total. The molecule has 0 atom stereocenters. The van der Waals surface area contributed by atoms with Crippen LogP contribution in [0.5, 0.6) is 11.6 Å². The van der Waals surface area contributed by atoms with Crippen LogP contribution in [0.2, 0.25) is 0 Å². The van der Waals surface area contributed by atoms with Crippen molar-refractivity contribution in [1.82, 2.24) is 29.3 Å². The van der Waals surface area contributed by atoms with Crippen LogP contribution < -0.4 is 9.47 Å². The molecule has 200 valence electrons. The van der Waals surface area contributed by atoms with Gasteiger partial charge < -0.3 is 18.9 Å². The van der Waals surface area contributed by atoms with Crippen LogP contribution in [0.25, 0.3) is 22.6 Å². The van der Waals surface area contributed by atoms with Gasteiger partial charge in [0, 0.05) is 43.9 Å². The standard InChI is InChI=1S/C31H34N6O2/c1-4-24-20-25(38-19-18-36-16-14-35(3)15-17-36)10-11-26(24)28-34-27-29(37(28)21-23-8-6-5-7-9-23)32-22-33-30(27)39-31(2)12-13-31/h1,5-11,20,22H,12-19,21H2,2-3H3. The van der Waals surface area contributed by atoms with E-state index in [1.54, 1.807) is 6.33 Å². The van der Waals surface area contributed by atoms with Crippen molar-refractivity contribution in [3.05, 3.63) is 66.0 Å². The van der Waals surface area contributed by atoms with Crippen LogP contribution in [0.1, 0.15) is 30.9 Å². The quantitative estimate of drug-likeness (QED) is 0.307. The highest BCUT2D eigenvalue weighted by Gasteiger charge is 2.41. The maximum atomic E-state index is 6.26. The minimum atomic E-state index is -0.183. The second-order valence-corrected chi connectivity index (χ2v) is 10.8. The number of rotatable bonds is 9. The number of benzene rings is 2. The van der Waals surface area contributed by atoms with Crippen molar-refractivity contribution in [2.45, 2.75) is 31.9 Å². The van der Waals surface area contributed by atoms with E-state index in [2.05, 4.69) is 56.4 Å². The first kappa shape index (κ1) is 25.4. The van der Waals surface area contributed by atoms with Gasteiger partial charge in [-0.05, 0) is 50.6 Å². The lowest BCUT2D eigenvalue weighted by atomic mass is 10.1. The van der Waals surface area contributed by atoms with Gasteiger partial charge in [0.25, 0.3) is 0 Å². The third-order valence-corrected chi connectivity index (χ3v) is 7.64. The molecule has 6 rings (SSSR count). The van der Waals surface area contributed by atoms with Crippen molar-refractivity contribution in [2.75, 3.05) is 46.4 Å². The summed E-state index contributed by atoms with van der Waals surface area (Å²) in [4.78, 5) is 18.9. The van der Waals surface area contributed by atoms with Crippen LogP contribution in [0, 0.1) is 12.3 Å². The zero-order valence-electron chi connectivity index (χ0n) is 22.6. The molecule has 0 bridgehead atoms. The number of aromatic nitrogens is 4. The highest BCUT2D eigenvalue weighted by molar-refractivity contribution is 5.83. The zero-order chi connectivity index (χ0) is 26.8. The second-order valence-electron chi connectivity index (χ2n) is 10.8. The van der Waals surface area contributed by atoms with E-state index in [1.807, 2.05) is 36.4 Å². The average molecular weight is 523 g/mol. The van der Waals surface area contributed by atoms with E-state index >= 15 is 0 Å². The molecule has 2 fully saturated rings. The summed E-state index contributed by atoms with van der Waals surface area (Å²) in [5.41, 5.74) is 3.89. The number of hydrogen-bond donors (Lipinski definition) is 0. The van der Waals surface area contributed by atoms with Gasteiger partial charge in [-0.3, -0.25) is 4.90 Å². The molecule has 4 aromatic rings. The molecule has 3 heterocycles. The molecule has 1 aliphatic carbocycles. The fraction of sp³-hybridized carbons (Fsp3) is 0.387. The van der Waals surface area contributed by atoms with Crippen molar-refractivity contribution < 1.29 is 9.47 Å². The molecule has 1 saturated heterocycles. The Bertz CT molecular complexity index is 1500. The number of hydrogen-bond acceptors (Lipinski definition) is 7. The number of fused-ring (bicyclic) bond motifs is 1. The van der Waals surface area contributed by atoms with E-state index in [0.29, 0.717) is 24.5 Å². The lowest BCUT2D eigenvalue weighted by molar-refractivity contribution is 0.134. The highest BCUT2D eigenvalue weighted by Crippen LogP contribution is 2.41. The van der Waals surface area contributed by atoms with E-state index in [0.717, 1.165) is 79.5 Å².